The lowest BCUT2D eigenvalue weighted by atomic mass is 9.95. The Morgan fingerprint density at radius 3 is 2.54 bits per heavy atom. The number of carbonyl (C=O) groups excluding carboxylic acids is 3. The molecule has 0 bridgehead atoms. The molecule has 0 radical (unpaired) electrons. The number of hydrogen-bond donors (Lipinski definition) is 3. The Balaban J connectivity index is 1.40. The number of carboxylic acids is 1. The molecule has 1 aromatic carbocycles. The molecule has 2 saturated heterocycles. The van der Waals surface area contributed by atoms with Crippen LogP contribution in [0.25, 0.3) is 5.65 Å². The summed E-state index contributed by atoms with van der Waals surface area (Å²) in [5.74, 6) is -3.07. The van der Waals surface area contributed by atoms with E-state index < -0.39 is 57.6 Å². The number of hydrogen-bond acceptors (Lipinski definition) is 9. The zero-order chi connectivity index (χ0) is 26.6. The number of aryl methyl sites for hydroxylation is 1. The van der Waals surface area contributed by atoms with Crippen molar-refractivity contribution < 1.29 is 24.3 Å². The molecular formula is C22H22N8O6S. The van der Waals surface area contributed by atoms with E-state index in [1.807, 2.05) is 0 Å². The predicted octanol–water partition coefficient (Wildman–Crippen LogP) is -1.07. The second-order valence-corrected chi connectivity index (χ2v) is 11.0. The van der Waals surface area contributed by atoms with Gasteiger partial charge in [-0.2, -0.15) is 4.68 Å². The molecule has 0 spiro atoms. The van der Waals surface area contributed by atoms with Gasteiger partial charge in [0.05, 0.1) is 0 Å². The summed E-state index contributed by atoms with van der Waals surface area (Å²) in [5.41, 5.74) is -0.409. The van der Waals surface area contributed by atoms with Gasteiger partial charge in [0.25, 0.3) is 5.91 Å². The molecule has 15 heteroatoms. The van der Waals surface area contributed by atoms with Crippen molar-refractivity contribution in [2.24, 2.45) is 7.05 Å². The third kappa shape index (κ3) is 3.91. The standard InChI is InChI=1S/C22H22N8O6S/c1-22(2)14(20(34)35)30-18(33)13(19(30)37-22)25-16(31)11(10-7-5-4-6-8-10)24-17(32)12-15-26-27-28(3)21(36)29(15)9-23-12/h4-9,11,13-14,19H,1-3H3,(H,24,32)(H,25,31)(H,34,35)/t11-,13+,14-,19+/m1/s1. The molecule has 4 heterocycles. The number of amides is 3. The van der Waals surface area contributed by atoms with Gasteiger partial charge in [-0.3, -0.25) is 14.4 Å². The van der Waals surface area contributed by atoms with E-state index in [9.17, 15) is 29.1 Å². The average Bonchev–Trinajstić information content (AvgIpc) is 3.40. The first-order valence-corrected chi connectivity index (χ1v) is 12.1. The molecule has 37 heavy (non-hydrogen) atoms. The van der Waals surface area contributed by atoms with Gasteiger partial charge in [0, 0.05) is 11.8 Å². The monoisotopic (exact) mass is 526 g/mol. The van der Waals surface area contributed by atoms with E-state index in [1.54, 1.807) is 44.2 Å². The molecule has 3 N–H and O–H groups in total. The maximum atomic E-state index is 13.4. The van der Waals surface area contributed by atoms with Crippen LogP contribution in [0.5, 0.6) is 0 Å². The van der Waals surface area contributed by atoms with E-state index >= 15 is 0 Å². The third-order valence-corrected chi connectivity index (χ3v) is 7.93. The van der Waals surface area contributed by atoms with Gasteiger partial charge >= 0.3 is 11.7 Å². The number of fused-ring (bicyclic) bond motifs is 2. The van der Waals surface area contributed by atoms with Crippen LogP contribution in [0.2, 0.25) is 0 Å². The molecule has 14 nitrogen and oxygen atoms in total. The van der Waals surface area contributed by atoms with Gasteiger partial charge in [-0.25, -0.2) is 19.0 Å². The largest absolute Gasteiger partial charge is 0.480 e. The van der Waals surface area contributed by atoms with Crippen molar-refractivity contribution in [1.29, 1.82) is 0 Å². The maximum absolute atomic E-state index is 13.4. The van der Waals surface area contributed by atoms with Crippen LogP contribution in [0.4, 0.5) is 0 Å². The predicted molar refractivity (Wildman–Crippen MR) is 128 cm³/mol. The molecule has 2 aliphatic heterocycles. The zero-order valence-corrected chi connectivity index (χ0v) is 20.7. The minimum absolute atomic E-state index is 0.0815. The van der Waals surface area contributed by atoms with Crippen LogP contribution in [0.3, 0.4) is 0 Å². The summed E-state index contributed by atoms with van der Waals surface area (Å²) in [4.78, 5) is 68.6. The molecule has 0 aliphatic carbocycles. The maximum Gasteiger partial charge on any atom is 0.352 e. The van der Waals surface area contributed by atoms with E-state index in [-0.39, 0.29) is 11.3 Å². The van der Waals surface area contributed by atoms with E-state index in [2.05, 4.69) is 25.9 Å². The van der Waals surface area contributed by atoms with Crippen LogP contribution in [0.1, 0.15) is 35.9 Å². The molecule has 2 fully saturated rings. The van der Waals surface area contributed by atoms with Crippen LogP contribution in [-0.4, -0.2) is 80.3 Å². The Morgan fingerprint density at radius 1 is 1.16 bits per heavy atom. The Hall–Kier alpha value is -4.27. The molecule has 4 atom stereocenters. The number of thioether (sulfide) groups is 1. The van der Waals surface area contributed by atoms with Crippen LogP contribution in [0, 0.1) is 0 Å². The van der Waals surface area contributed by atoms with Crippen molar-refractivity contribution in [2.75, 3.05) is 0 Å². The normalized spacial score (nSPS) is 22.7. The minimum Gasteiger partial charge on any atom is -0.480 e. The molecule has 5 rings (SSSR count). The number of β-lactam (4-membered cyclic amide) rings is 1. The number of aromatic nitrogens is 5. The SMILES string of the molecule is Cn1nnc2c(C(=O)N[C@@H](C(=O)N[C@H]3C(=O)N4[C@H]3SC(C)(C)[C@H]4C(=O)O)c3ccccc3)ncn2c1=O. The number of aliphatic carboxylic acids is 1. The van der Waals surface area contributed by atoms with Crippen molar-refractivity contribution in [1.82, 2.24) is 39.9 Å². The summed E-state index contributed by atoms with van der Waals surface area (Å²) >= 11 is 1.29. The zero-order valence-electron chi connectivity index (χ0n) is 19.9. The highest BCUT2D eigenvalue weighted by molar-refractivity contribution is 8.01. The van der Waals surface area contributed by atoms with Crippen molar-refractivity contribution in [3.05, 3.63) is 58.4 Å². The number of carbonyl (C=O) groups is 4. The average molecular weight is 527 g/mol. The van der Waals surface area contributed by atoms with Crippen molar-refractivity contribution >= 4 is 41.1 Å². The Kier molecular flexibility index (Phi) is 5.73. The summed E-state index contributed by atoms with van der Waals surface area (Å²) in [6.45, 7) is 3.47. The van der Waals surface area contributed by atoms with Crippen LogP contribution < -0.4 is 16.3 Å². The number of carboxylic acid groups (broad SMARTS) is 1. The van der Waals surface area contributed by atoms with Gasteiger partial charge in [-0.1, -0.05) is 35.5 Å². The summed E-state index contributed by atoms with van der Waals surface area (Å²) in [6, 6.07) is 5.19. The first kappa shape index (κ1) is 24.4. The number of benzene rings is 1. The van der Waals surface area contributed by atoms with Gasteiger partial charge in [-0.05, 0) is 19.4 Å². The van der Waals surface area contributed by atoms with Crippen LogP contribution >= 0.6 is 11.8 Å². The highest BCUT2D eigenvalue weighted by atomic mass is 32.2. The summed E-state index contributed by atoms with van der Waals surface area (Å²) in [5, 5.41) is 21.9. The van der Waals surface area contributed by atoms with Gasteiger partial charge < -0.3 is 20.6 Å². The van der Waals surface area contributed by atoms with E-state index in [4.69, 9.17) is 0 Å². The Bertz CT molecular complexity index is 1500. The minimum atomic E-state index is -1.22. The quantitative estimate of drug-likeness (QED) is 0.335. The second kappa shape index (κ2) is 8.69. The highest BCUT2D eigenvalue weighted by Crippen LogP contribution is 2.50. The first-order chi connectivity index (χ1) is 17.5. The van der Waals surface area contributed by atoms with E-state index in [0.717, 1.165) is 15.4 Å². The van der Waals surface area contributed by atoms with Crippen molar-refractivity contribution in [2.45, 2.75) is 42.1 Å². The molecule has 2 aromatic heterocycles. The van der Waals surface area contributed by atoms with E-state index in [1.165, 1.54) is 23.7 Å². The van der Waals surface area contributed by atoms with Crippen molar-refractivity contribution in [3.8, 4) is 0 Å². The van der Waals surface area contributed by atoms with E-state index in [0.29, 0.717) is 5.56 Å². The molecular weight excluding hydrogens is 504 g/mol. The molecule has 3 aromatic rings. The Labute approximate surface area is 213 Å². The second-order valence-electron chi connectivity index (χ2n) is 9.18. The lowest BCUT2D eigenvalue weighted by molar-refractivity contribution is -0.161. The molecule has 2 aliphatic rings. The number of nitrogens with one attached hydrogen (secondary N) is 2. The first-order valence-electron chi connectivity index (χ1n) is 11.2. The highest BCUT2D eigenvalue weighted by Gasteiger charge is 2.64. The number of rotatable bonds is 6. The lowest BCUT2D eigenvalue weighted by Crippen LogP contribution is -2.71. The number of nitrogens with zero attached hydrogens (tertiary/aromatic N) is 6. The molecule has 0 saturated carbocycles. The van der Waals surface area contributed by atoms with Gasteiger partial charge in [0.1, 0.15) is 29.8 Å². The van der Waals surface area contributed by atoms with Gasteiger partial charge in [-0.15, -0.1) is 16.9 Å². The van der Waals surface area contributed by atoms with Gasteiger partial charge in [0.2, 0.25) is 11.8 Å². The molecule has 0 unspecified atom stereocenters. The lowest BCUT2D eigenvalue weighted by Gasteiger charge is -2.44. The topological polar surface area (TPSA) is 181 Å². The van der Waals surface area contributed by atoms with Crippen LogP contribution in [0.15, 0.2) is 41.5 Å². The fourth-order valence-corrected chi connectivity index (χ4v) is 6.19. The fourth-order valence-electron chi connectivity index (χ4n) is 4.57. The van der Waals surface area contributed by atoms with Crippen LogP contribution in [-0.2, 0) is 21.4 Å². The summed E-state index contributed by atoms with van der Waals surface area (Å²) in [6.07, 6.45) is 1.14. The molecule has 192 valence electrons. The molecule has 3 amide bonds. The summed E-state index contributed by atoms with van der Waals surface area (Å²) < 4.78 is 1.28. The Morgan fingerprint density at radius 2 is 1.86 bits per heavy atom. The smallest absolute Gasteiger partial charge is 0.352 e. The summed E-state index contributed by atoms with van der Waals surface area (Å²) in [7, 11) is 1.40. The fraction of sp³-hybridized carbons (Fsp3) is 0.364. The number of imidazole rings is 1. The third-order valence-electron chi connectivity index (χ3n) is 6.36. The van der Waals surface area contributed by atoms with Gasteiger partial charge in [0.15, 0.2) is 11.3 Å². The van der Waals surface area contributed by atoms with Crippen molar-refractivity contribution in [3.63, 3.8) is 0 Å².